The van der Waals surface area contributed by atoms with Crippen LogP contribution in [0.5, 0.6) is 5.75 Å². The summed E-state index contributed by atoms with van der Waals surface area (Å²) < 4.78 is 6.25. The molecule has 0 bridgehead atoms. The summed E-state index contributed by atoms with van der Waals surface area (Å²) in [4.78, 5) is 4.18. The smallest absolute Gasteiger partial charge is 0.157 e. The van der Waals surface area contributed by atoms with Crippen molar-refractivity contribution in [1.82, 2.24) is 10.3 Å². The quantitative estimate of drug-likeness (QED) is 0.814. The molecule has 1 aliphatic rings. The molecule has 1 saturated heterocycles. The number of halogens is 3. The van der Waals surface area contributed by atoms with Crippen molar-refractivity contribution in [1.29, 1.82) is 0 Å². The zero-order valence-corrected chi connectivity index (χ0v) is 14.9. The molecule has 2 unspecified atom stereocenters. The van der Waals surface area contributed by atoms with Gasteiger partial charge in [0.15, 0.2) is 5.75 Å². The van der Waals surface area contributed by atoms with Crippen molar-refractivity contribution in [3.63, 3.8) is 0 Å². The Labute approximate surface area is 150 Å². The molecule has 1 fully saturated rings. The highest BCUT2D eigenvalue weighted by atomic mass is 35.5. The minimum absolute atomic E-state index is 0.200. The summed E-state index contributed by atoms with van der Waals surface area (Å²) >= 11 is 18.8. The number of benzene rings is 1. The lowest BCUT2D eigenvalue weighted by Gasteiger charge is -2.26. The van der Waals surface area contributed by atoms with Gasteiger partial charge in [-0.2, -0.15) is 0 Å². The van der Waals surface area contributed by atoms with Crippen LogP contribution in [0.4, 0.5) is 0 Å². The van der Waals surface area contributed by atoms with Crippen LogP contribution in [0.3, 0.4) is 0 Å². The van der Waals surface area contributed by atoms with Crippen molar-refractivity contribution in [3.05, 3.63) is 56.8 Å². The third-order valence-corrected chi connectivity index (χ3v) is 4.74. The van der Waals surface area contributed by atoms with Crippen LogP contribution < -0.4 is 10.1 Å². The molecule has 0 aliphatic carbocycles. The Bertz CT molecular complexity index is 679. The molecule has 23 heavy (non-hydrogen) atoms. The lowest BCUT2D eigenvalue weighted by Crippen LogP contribution is -2.22. The highest BCUT2D eigenvalue weighted by Gasteiger charge is 2.29. The van der Waals surface area contributed by atoms with Gasteiger partial charge in [0, 0.05) is 30.4 Å². The van der Waals surface area contributed by atoms with Crippen LogP contribution >= 0.6 is 34.8 Å². The van der Waals surface area contributed by atoms with Crippen molar-refractivity contribution >= 4 is 34.8 Å². The second-order valence-electron chi connectivity index (χ2n) is 5.79. The number of pyridine rings is 1. The molecule has 1 aliphatic heterocycles. The number of nitrogens with zero attached hydrogens (tertiary/aromatic N) is 1. The highest BCUT2D eigenvalue weighted by molar-refractivity contribution is 6.37. The molecule has 0 spiro atoms. The van der Waals surface area contributed by atoms with Crippen LogP contribution in [0.25, 0.3) is 0 Å². The van der Waals surface area contributed by atoms with E-state index >= 15 is 0 Å². The number of nitrogens with one attached hydrogen (secondary N) is 1. The number of aryl methyl sites for hydroxylation is 1. The summed E-state index contributed by atoms with van der Waals surface area (Å²) in [6, 6.07) is 5.58. The van der Waals surface area contributed by atoms with Crippen LogP contribution in [0.2, 0.25) is 15.1 Å². The largest absolute Gasteiger partial charge is 0.482 e. The summed E-state index contributed by atoms with van der Waals surface area (Å²) in [7, 11) is 0. The predicted molar refractivity (Wildman–Crippen MR) is 94.8 cm³/mol. The third kappa shape index (κ3) is 3.92. The monoisotopic (exact) mass is 370 g/mol. The molecule has 1 aromatic carbocycles. The summed E-state index contributed by atoms with van der Waals surface area (Å²) in [5.74, 6) is 0.819. The number of ether oxygens (including phenoxy) is 1. The predicted octanol–water partition coefficient (Wildman–Crippen LogP) is 5.08. The Balaban J connectivity index is 1.96. The molecule has 0 amide bonds. The zero-order chi connectivity index (χ0) is 16.4. The number of hydrogen-bond acceptors (Lipinski definition) is 3. The Morgan fingerprint density at radius 3 is 2.52 bits per heavy atom. The first-order chi connectivity index (χ1) is 11.0. The fraction of sp³-hybridized carbons (Fsp3) is 0.353. The van der Waals surface area contributed by atoms with E-state index in [0.29, 0.717) is 26.7 Å². The topological polar surface area (TPSA) is 34.1 Å². The lowest BCUT2D eigenvalue weighted by molar-refractivity contribution is 0.144. The maximum atomic E-state index is 6.34. The molecule has 3 rings (SSSR count). The molecular formula is C17H17Cl3N2O. The Morgan fingerprint density at radius 2 is 1.91 bits per heavy atom. The van der Waals surface area contributed by atoms with Gasteiger partial charge < -0.3 is 10.1 Å². The molecule has 6 heteroatoms. The fourth-order valence-electron chi connectivity index (χ4n) is 2.88. The van der Waals surface area contributed by atoms with E-state index < -0.39 is 0 Å². The highest BCUT2D eigenvalue weighted by Crippen LogP contribution is 2.40. The maximum absolute atomic E-state index is 6.34. The SMILES string of the molecule is Cc1cc(Cl)c(OC(c2cncc(Cl)c2)C2CCNC2)c(Cl)c1. The fourth-order valence-corrected chi connectivity index (χ4v) is 3.75. The van der Waals surface area contributed by atoms with E-state index in [-0.39, 0.29) is 6.10 Å². The first-order valence-electron chi connectivity index (χ1n) is 7.48. The average molecular weight is 372 g/mol. The van der Waals surface area contributed by atoms with Gasteiger partial charge in [-0.05, 0) is 43.7 Å². The zero-order valence-electron chi connectivity index (χ0n) is 12.7. The first-order valence-corrected chi connectivity index (χ1v) is 8.61. The minimum Gasteiger partial charge on any atom is -0.482 e. The molecule has 0 radical (unpaired) electrons. The van der Waals surface area contributed by atoms with Gasteiger partial charge in [0.1, 0.15) is 6.10 Å². The normalized spacial score (nSPS) is 18.9. The van der Waals surface area contributed by atoms with E-state index in [1.165, 1.54) is 0 Å². The number of aromatic nitrogens is 1. The average Bonchev–Trinajstić information content (AvgIpc) is 3.00. The van der Waals surface area contributed by atoms with Crippen molar-refractivity contribution < 1.29 is 4.74 Å². The molecule has 2 atom stereocenters. The third-order valence-electron chi connectivity index (χ3n) is 3.97. The standard InChI is InChI=1S/C17H17Cl3N2O/c1-10-4-14(19)17(15(20)5-10)23-16(11-2-3-21-7-11)12-6-13(18)9-22-8-12/h4-6,8-9,11,16,21H,2-3,7H2,1H3. The van der Waals surface area contributed by atoms with Gasteiger partial charge in [-0.1, -0.05) is 34.8 Å². The molecule has 3 nitrogen and oxygen atoms in total. The molecule has 0 saturated carbocycles. The summed E-state index contributed by atoms with van der Waals surface area (Å²) in [5.41, 5.74) is 1.93. The van der Waals surface area contributed by atoms with Crippen LogP contribution in [0, 0.1) is 12.8 Å². The second-order valence-corrected chi connectivity index (χ2v) is 7.04. The number of rotatable bonds is 4. The van der Waals surface area contributed by atoms with Gasteiger partial charge in [0.2, 0.25) is 0 Å². The summed E-state index contributed by atoms with van der Waals surface area (Å²) in [6.45, 7) is 3.78. The first kappa shape index (κ1) is 16.8. The van der Waals surface area contributed by atoms with Crippen LogP contribution in [0.15, 0.2) is 30.6 Å². The van der Waals surface area contributed by atoms with Gasteiger partial charge >= 0.3 is 0 Å². The van der Waals surface area contributed by atoms with E-state index in [1.807, 2.05) is 25.1 Å². The van der Waals surface area contributed by atoms with Gasteiger partial charge in [0.05, 0.1) is 15.1 Å². The molecule has 122 valence electrons. The lowest BCUT2D eigenvalue weighted by atomic mass is 9.96. The second kappa shape index (κ2) is 7.27. The van der Waals surface area contributed by atoms with E-state index in [1.54, 1.807) is 12.4 Å². The Kier molecular flexibility index (Phi) is 5.32. The van der Waals surface area contributed by atoms with Crippen LogP contribution in [-0.4, -0.2) is 18.1 Å². The minimum atomic E-state index is -0.200. The Morgan fingerprint density at radius 1 is 1.17 bits per heavy atom. The summed E-state index contributed by atoms with van der Waals surface area (Å²) in [5, 5.41) is 4.98. The van der Waals surface area contributed by atoms with Gasteiger partial charge in [-0.3, -0.25) is 4.98 Å². The van der Waals surface area contributed by atoms with Crippen molar-refractivity contribution in [2.75, 3.05) is 13.1 Å². The van der Waals surface area contributed by atoms with E-state index in [9.17, 15) is 0 Å². The van der Waals surface area contributed by atoms with E-state index in [0.717, 1.165) is 30.6 Å². The van der Waals surface area contributed by atoms with E-state index in [2.05, 4.69) is 10.3 Å². The van der Waals surface area contributed by atoms with Crippen LogP contribution in [0.1, 0.15) is 23.7 Å². The van der Waals surface area contributed by atoms with Crippen molar-refractivity contribution in [2.24, 2.45) is 5.92 Å². The molecule has 2 aromatic rings. The summed E-state index contributed by atoms with van der Waals surface area (Å²) in [6.07, 6.45) is 4.21. The van der Waals surface area contributed by atoms with Crippen LogP contribution in [-0.2, 0) is 0 Å². The maximum Gasteiger partial charge on any atom is 0.157 e. The molecule has 2 heterocycles. The molecule has 1 N–H and O–H groups in total. The van der Waals surface area contributed by atoms with Gasteiger partial charge in [0.25, 0.3) is 0 Å². The Hall–Kier alpha value is -1.000. The van der Waals surface area contributed by atoms with Gasteiger partial charge in [-0.25, -0.2) is 0 Å². The molecule has 1 aromatic heterocycles. The number of hydrogen-bond donors (Lipinski definition) is 1. The van der Waals surface area contributed by atoms with Gasteiger partial charge in [-0.15, -0.1) is 0 Å². The van der Waals surface area contributed by atoms with Crippen molar-refractivity contribution in [3.8, 4) is 5.75 Å². The van der Waals surface area contributed by atoms with E-state index in [4.69, 9.17) is 39.5 Å². The van der Waals surface area contributed by atoms with Crippen molar-refractivity contribution in [2.45, 2.75) is 19.4 Å². The molecular weight excluding hydrogens is 355 g/mol.